The summed E-state index contributed by atoms with van der Waals surface area (Å²) in [5.41, 5.74) is 3.72. The summed E-state index contributed by atoms with van der Waals surface area (Å²) in [5, 5.41) is 9.02. The lowest BCUT2D eigenvalue weighted by atomic mass is 10.1. The van der Waals surface area contributed by atoms with E-state index in [9.17, 15) is 9.59 Å². The van der Waals surface area contributed by atoms with E-state index < -0.39 is 11.9 Å². The van der Waals surface area contributed by atoms with Crippen LogP contribution in [0.5, 0.6) is 5.75 Å². The molecule has 0 radical (unpaired) electrons. The molecule has 0 saturated carbocycles. The molecule has 2 aromatic carbocycles. The summed E-state index contributed by atoms with van der Waals surface area (Å²) in [5.74, 6) is -0.576. The van der Waals surface area contributed by atoms with E-state index in [2.05, 4.69) is 10.2 Å². The van der Waals surface area contributed by atoms with Crippen molar-refractivity contribution < 1.29 is 19.1 Å². The van der Waals surface area contributed by atoms with Crippen molar-refractivity contribution in [2.75, 3.05) is 0 Å². The molecule has 0 unspecified atom stereocenters. The van der Waals surface area contributed by atoms with Crippen LogP contribution in [0.2, 0.25) is 0 Å². The van der Waals surface area contributed by atoms with E-state index in [0.717, 1.165) is 17.0 Å². The van der Waals surface area contributed by atoms with E-state index in [1.165, 1.54) is 18.6 Å². The quantitative estimate of drug-likeness (QED) is 0.510. The summed E-state index contributed by atoms with van der Waals surface area (Å²) in [6, 6.07) is 14.9. The smallest absolute Gasteiger partial charge is 0.308 e. The maximum absolute atomic E-state index is 11.4. The molecule has 1 aromatic heterocycles. The van der Waals surface area contributed by atoms with Gasteiger partial charge in [0, 0.05) is 31.0 Å². The molecule has 138 valence electrons. The third-order valence-electron chi connectivity index (χ3n) is 3.80. The third kappa shape index (κ3) is 4.38. The molecular weight excluding hydrogens is 346 g/mol. The predicted molar refractivity (Wildman–Crippen MR) is 98.3 cm³/mol. The molecule has 1 heterocycles. The normalized spacial score (nSPS) is 10.5. The Hall–Kier alpha value is -3.48. The second-order valence-corrected chi connectivity index (χ2v) is 5.96. The van der Waals surface area contributed by atoms with Crippen LogP contribution in [0.25, 0.3) is 16.9 Å². The average molecular weight is 365 g/mol. The molecule has 7 nitrogen and oxygen atoms in total. The van der Waals surface area contributed by atoms with E-state index in [1.54, 1.807) is 18.2 Å². The Balaban J connectivity index is 1.97. The van der Waals surface area contributed by atoms with E-state index in [4.69, 9.17) is 9.47 Å². The number of carbonyl (C=O) groups is 2. The van der Waals surface area contributed by atoms with Crippen LogP contribution in [-0.2, 0) is 20.9 Å². The van der Waals surface area contributed by atoms with Crippen LogP contribution < -0.4 is 4.74 Å². The molecule has 3 rings (SSSR count). The van der Waals surface area contributed by atoms with Gasteiger partial charge in [0.05, 0.1) is 11.4 Å². The zero-order valence-corrected chi connectivity index (χ0v) is 15.3. The number of ether oxygens (including phenoxy) is 2. The first kappa shape index (κ1) is 18.3. The maximum Gasteiger partial charge on any atom is 0.308 e. The Morgan fingerprint density at radius 1 is 1.00 bits per heavy atom. The van der Waals surface area contributed by atoms with Crippen molar-refractivity contribution in [1.82, 2.24) is 15.0 Å². The number of hydrogen-bond donors (Lipinski definition) is 0. The SMILES string of the molecule is CC(=O)OCc1ccc(-n2nc(C)c(-c3ccccc3)n2)cc1OC(C)=O. The van der Waals surface area contributed by atoms with Gasteiger partial charge in [-0.3, -0.25) is 9.59 Å². The number of aromatic nitrogens is 3. The van der Waals surface area contributed by atoms with E-state index in [1.807, 2.05) is 37.3 Å². The van der Waals surface area contributed by atoms with Crippen LogP contribution in [0, 0.1) is 6.92 Å². The summed E-state index contributed by atoms with van der Waals surface area (Å²) in [6.45, 7) is 4.53. The summed E-state index contributed by atoms with van der Waals surface area (Å²) in [7, 11) is 0. The van der Waals surface area contributed by atoms with E-state index >= 15 is 0 Å². The molecule has 0 aliphatic rings. The highest BCUT2D eigenvalue weighted by Crippen LogP contribution is 2.25. The molecular formula is C20H19N3O4. The first-order valence-electron chi connectivity index (χ1n) is 8.38. The van der Waals surface area contributed by atoms with Gasteiger partial charge in [0.1, 0.15) is 18.1 Å². The van der Waals surface area contributed by atoms with Gasteiger partial charge in [0.15, 0.2) is 0 Å². The number of nitrogens with zero attached hydrogens (tertiary/aromatic N) is 3. The summed E-state index contributed by atoms with van der Waals surface area (Å²) < 4.78 is 10.3. The van der Waals surface area contributed by atoms with Gasteiger partial charge in [-0.1, -0.05) is 30.3 Å². The molecule has 0 aliphatic carbocycles. The largest absolute Gasteiger partial charge is 0.461 e. The second kappa shape index (κ2) is 7.82. The van der Waals surface area contributed by atoms with Gasteiger partial charge in [-0.25, -0.2) is 0 Å². The molecule has 0 saturated heterocycles. The highest BCUT2D eigenvalue weighted by molar-refractivity contribution is 5.70. The Bertz CT molecular complexity index is 980. The Labute approximate surface area is 156 Å². The molecule has 0 aliphatic heterocycles. The van der Waals surface area contributed by atoms with Crippen molar-refractivity contribution in [2.24, 2.45) is 0 Å². The minimum Gasteiger partial charge on any atom is -0.461 e. The molecule has 0 amide bonds. The van der Waals surface area contributed by atoms with Gasteiger partial charge in [-0.05, 0) is 19.1 Å². The standard InChI is InChI=1S/C20H19N3O4/c1-13-20(16-7-5-4-6-8-16)22-23(21-13)18-10-9-17(12-26-14(2)24)19(11-18)27-15(3)25/h4-11H,12H2,1-3H3. The first-order valence-corrected chi connectivity index (χ1v) is 8.38. The zero-order chi connectivity index (χ0) is 19.4. The fourth-order valence-electron chi connectivity index (χ4n) is 2.57. The van der Waals surface area contributed by atoms with Crippen molar-refractivity contribution in [3.05, 3.63) is 59.8 Å². The zero-order valence-electron chi connectivity index (χ0n) is 15.3. The van der Waals surface area contributed by atoms with Crippen molar-refractivity contribution in [2.45, 2.75) is 27.4 Å². The maximum atomic E-state index is 11.4. The van der Waals surface area contributed by atoms with Crippen molar-refractivity contribution in [1.29, 1.82) is 0 Å². The number of hydrogen-bond acceptors (Lipinski definition) is 6. The van der Waals surface area contributed by atoms with Crippen LogP contribution in [0.1, 0.15) is 25.1 Å². The summed E-state index contributed by atoms with van der Waals surface area (Å²) >= 11 is 0. The van der Waals surface area contributed by atoms with Crippen molar-refractivity contribution in [3.63, 3.8) is 0 Å². The molecule has 3 aromatic rings. The van der Waals surface area contributed by atoms with Gasteiger partial charge in [-0.15, -0.1) is 5.10 Å². The Morgan fingerprint density at radius 3 is 2.41 bits per heavy atom. The van der Waals surface area contributed by atoms with Crippen LogP contribution in [-0.4, -0.2) is 26.9 Å². The van der Waals surface area contributed by atoms with Gasteiger partial charge < -0.3 is 9.47 Å². The van der Waals surface area contributed by atoms with Gasteiger partial charge in [-0.2, -0.15) is 9.90 Å². The van der Waals surface area contributed by atoms with Crippen LogP contribution >= 0.6 is 0 Å². The van der Waals surface area contributed by atoms with Crippen LogP contribution in [0.15, 0.2) is 48.5 Å². The van der Waals surface area contributed by atoms with Crippen LogP contribution in [0.4, 0.5) is 0 Å². The number of carbonyl (C=O) groups excluding carboxylic acids is 2. The van der Waals surface area contributed by atoms with Crippen LogP contribution in [0.3, 0.4) is 0 Å². The second-order valence-electron chi connectivity index (χ2n) is 5.96. The molecule has 0 fully saturated rings. The lowest BCUT2D eigenvalue weighted by Crippen LogP contribution is -2.08. The topological polar surface area (TPSA) is 83.3 Å². The lowest BCUT2D eigenvalue weighted by molar-refractivity contribution is -0.142. The Morgan fingerprint density at radius 2 is 1.74 bits per heavy atom. The summed E-state index contributed by atoms with van der Waals surface area (Å²) in [4.78, 5) is 24.0. The minimum absolute atomic E-state index is 0.0130. The fourth-order valence-corrected chi connectivity index (χ4v) is 2.57. The molecule has 27 heavy (non-hydrogen) atoms. The minimum atomic E-state index is -0.467. The molecule has 0 atom stereocenters. The van der Waals surface area contributed by atoms with E-state index in [0.29, 0.717) is 17.0 Å². The summed E-state index contributed by atoms with van der Waals surface area (Å²) in [6.07, 6.45) is 0. The average Bonchev–Trinajstić information content (AvgIpc) is 3.02. The number of aryl methyl sites for hydroxylation is 1. The lowest BCUT2D eigenvalue weighted by Gasteiger charge is -2.11. The molecule has 0 N–H and O–H groups in total. The fraction of sp³-hybridized carbons (Fsp3) is 0.200. The number of rotatable bonds is 5. The van der Waals surface area contributed by atoms with Crippen molar-refractivity contribution >= 4 is 11.9 Å². The monoisotopic (exact) mass is 365 g/mol. The molecule has 0 bridgehead atoms. The predicted octanol–water partition coefficient (Wildman–Crippen LogP) is 3.23. The molecule has 0 spiro atoms. The number of benzene rings is 2. The highest BCUT2D eigenvalue weighted by atomic mass is 16.5. The van der Waals surface area contributed by atoms with Gasteiger partial charge >= 0.3 is 11.9 Å². The van der Waals surface area contributed by atoms with E-state index in [-0.39, 0.29) is 6.61 Å². The third-order valence-corrected chi connectivity index (χ3v) is 3.80. The van der Waals surface area contributed by atoms with Gasteiger partial charge in [0.2, 0.25) is 0 Å². The van der Waals surface area contributed by atoms with Crippen molar-refractivity contribution in [3.8, 4) is 22.7 Å². The first-order chi connectivity index (χ1) is 12.9. The number of esters is 2. The Kier molecular flexibility index (Phi) is 5.30. The molecule has 7 heteroatoms. The highest BCUT2D eigenvalue weighted by Gasteiger charge is 2.14. The van der Waals surface area contributed by atoms with Gasteiger partial charge in [0.25, 0.3) is 0 Å².